The molecule has 176 valence electrons. The van der Waals surface area contributed by atoms with Crippen LogP contribution in [0.3, 0.4) is 0 Å². The van der Waals surface area contributed by atoms with Crippen LogP contribution in [0.15, 0.2) is 60.0 Å². The number of rotatable bonds is 9. The van der Waals surface area contributed by atoms with Crippen LogP contribution >= 0.6 is 11.3 Å². The predicted octanol–water partition coefficient (Wildman–Crippen LogP) is 3.97. The summed E-state index contributed by atoms with van der Waals surface area (Å²) in [6.45, 7) is 0.269. The van der Waals surface area contributed by atoms with Crippen LogP contribution in [0.25, 0.3) is 0 Å². The monoisotopic (exact) mass is 479 g/mol. The summed E-state index contributed by atoms with van der Waals surface area (Å²) in [6, 6.07) is 15.4. The molecule has 0 saturated carbocycles. The number of amides is 1. The largest absolute Gasteiger partial charge is 0.497 e. The summed E-state index contributed by atoms with van der Waals surface area (Å²) in [6.07, 6.45) is 0.478. The molecule has 2 unspecified atom stereocenters. The Morgan fingerprint density at radius 3 is 2.29 bits per heavy atom. The molecule has 0 aliphatic carbocycles. The molecule has 0 spiro atoms. The van der Waals surface area contributed by atoms with Gasteiger partial charge in [0.05, 0.1) is 32.2 Å². The molecule has 1 amide bonds. The van der Waals surface area contributed by atoms with Gasteiger partial charge in [0.1, 0.15) is 11.7 Å². The second-order valence-corrected chi connectivity index (χ2v) is 8.79. The molecule has 0 radical (unpaired) electrons. The SMILES string of the molecule is COc1ccc(C2C(C(=O)c3cccs3)C(=O)C(=O)N2CCc2ccc(OC)c(OC)c2)cc1. The molecule has 1 saturated heterocycles. The van der Waals surface area contributed by atoms with Crippen molar-refractivity contribution >= 4 is 28.8 Å². The summed E-state index contributed by atoms with van der Waals surface area (Å²) < 4.78 is 15.9. The average molecular weight is 480 g/mol. The van der Waals surface area contributed by atoms with Crippen LogP contribution < -0.4 is 14.2 Å². The Bertz CT molecular complexity index is 1190. The second-order valence-electron chi connectivity index (χ2n) is 7.84. The van der Waals surface area contributed by atoms with Gasteiger partial charge in [0.25, 0.3) is 5.91 Å². The number of likely N-dealkylation sites (tertiary alicyclic amines) is 1. The number of ketones is 2. The molecule has 8 heteroatoms. The zero-order chi connectivity index (χ0) is 24.2. The van der Waals surface area contributed by atoms with E-state index in [1.807, 2.05) is 12.1 Å². The number of nitrogens with zero attached hydrogens (tertiary/aromatic N) is 1. The number of hydrogen-bond donors (Lipinski definition) is 0. The highest BCUT2D eigenvalue weighted by Gasteiger charge is 2.51. The van der Waals surface area contributed by atoms with Crippen molar-refractivity contribution in [2.45, 2.75) is 12.5 Å². The van der Waals surface area contributed by atoms with Crippen LogP contribution in [-0.2, 0) is 16.0 Å². The standard InChI is InChI=1S/C26H25NO6S/c1-31-18-9-7-17(8-10-18)23-22(24(28)21-5-4-14-34-21)25(29)26(30)27(23)13-12-16-6-11-19(32-2)20(15-16)33-3/h4-11,14-15,22-23H,12-13H2,1-3H3. The fourth-order valence-corrected chi connectivity index (χ4v) is 4.96. The lowest BCUT2D eigenvalue weighted by Crippen LogP contribution is -2.32. The van der Waals surface area contributed by atoms with Crippen molar-refractivity contribution in [2.75, 3.05) is 27.9 Å². The Morgan fingerprint density at radius 2 is 1.68 bits per heavy atom. The number of carbonyl (C=O) groups is 3. The van der Waals surface area contributed by atoms with Gasteiger partial charge in [0.2, 0.25) is 5.78 Å². The molecule has 7 nitrogen and oxygen atoms in total. The van der Waals surface area contributed by atoms with Gasteiger partial charge in [-0.15, -0.1) is 11.3 Å². The minimum atomic E-state index is -1.09. The summed E-state index contributed by atoms with van der Waals surface area (Å²) >= 11 is 1.27. The Labute approximate surface area is 201 Å². The molecular weight excluding hydrogens is 454 g/mol. The Kier molecular flexibility index (Phi) is 6.98. The smallest absolute Gasteiger partial charge is 0.291 e. The van der Waals surface area contributed by atoms with Crippen molar-refractivity contribution in [3.63, 3.8) is 0 Å². The quantitative estimate of drug-likeness (QED) is 0.262. The van der Waals surface area contributed by atoms with E-state index < -0.39 is 23.7 Å². The summed E-state index contributed by atoms with van der Waals surface area (Å²) in [4.78, 5) is 41.5. The third-order valence-electron chi connectivity index (χ3n) is 6.00. The highest BCUT2D eigenvalue weighted by atomic mass is 32.1. The number of Topliss-reactive ketones (excluding diaryl/α,β-unsaturated/α-hetero) is 2. The van der Waals surface area contributed by atoms with Gasteiger partial charge in [-0.1, -0.05) is 24.3 Å². The van der Waals surface area contributed by atoms with Crippen molar-refractivity contribution in [1.29, 1.82) is 0 Å². The molecule has 4 rings (SSSR count). The molecular formula is C26H25NO6S. The molecule has 1 aliphatic rings. The lowest BCUT2D eigenvalue weighted by Gasteiger charge is -2.27. The van der Waals surface area contributed by atoms with E-state index in [1.165, 1.54) is 16.2 Å². The molecule has 0 N–H and O–H groups in total. The number of methoxy groups -OCH3 is 3. The maximum Gasteiger partial charge on any atom is 0.291 e. The van der Waals surface area contributed by atoms with Gasteiger partial charge in [0.15, 0.2) is 17.3 Å². The summed E-state index contributed by atoms with van der Waals surface area (Å²) in [5, 5.41) is 1.78. The van der Waals surface area contributed by atoms with Crippen LogP contribution in [-0.4, -0.2) is 50.2 Å². The Morgan fingerprint density at radius 1 is 0.941 bits per heavy atom. The number of hydrogen-bond acceptors (Lipinski definition) is 7. The highest BCUT2D eigenvalue weighted by molar-refractivity contribution is 7.12. The van der Waals surface area contributed by atoms with E-state index in [4.69, 9.17) is 14.2 Å². The topological polar surface area (TPSA) is 82.1 Å². The first-order valence-corrected chi connectivity index (χ1v) is 11.6. The molecule has 34 heavy (non-hydrogen) atoms. The summed E-state index contributed by atoms with van der Waals surface area (Å²) in [5.41, 5.74) is 1.63. The first-order chi connectivity index (χ1) is 16.5. The molecule has 1 fully saturated rings. The lowest BCUT2D eigenvalue weighted by atomic mass is 9.88. The van der Waals surface area contributed by atoms with Crippen molar-refractivity contribution in [3.8, 4) is 17.2 Å². The zero-order valence-corrected chi connectivity index (χ0v) is 20.0. The average Bonchev–Trinajstić information content (AvgIpc) is 3.50. The van der Waals surface area contributed by atoms with Crippen molar-refractivity contribution < 1.29 is 28.6 Å². The van der Waals surface area contributed by atoms with Crippen molar-refractivity contribution in [3.05, 3.63) is 76.0 Å². The minimum absolute atomic E-state index is 0.269. The molecule has 2 heterocycles. The van der Waals surface area contributed by atoms with Gasteiger partial charge < -0.3 is 19.1 Å². The molecule has 1 aromatic heterocycles. The first-order valence-electron chi connectivity index (χ1n) is 10.8. The summed E-state index contributed by atoms with van der Waals surface area (Å²) in [7, 11) is 4.69. The van der Waals surface area contributed by atoms with Gasteiger partial charge in [-0.2, -0.15) is 0 Å². The van der Waals surface area contributed by atoms with Crippen molar-refractivity contribution in [2.24, 2.45) is 5.92 Å². The highest BCUT2D eigenvalue weighted by Crippen LogP contribution is 2.39. The number of ether oxygens (including phenoxy) is 3. The van der Waals surface area contributed by atoms with E-state index in [-0.39, 0.29) is 12.3 Å². The van der Waals surface area contributed by atoms with E-state index in [0.29, 0.717) is 34.1 Å². The van der Waals surface area contributed by atoms with Crippen LogP contribution in [0.4, 0.5) is 0 Å². The van der Waals surface area contributed by atoms with Gasteiger partial charge in [-0.3, -0.25) is 14.4 Å². The fourth-order valence-electron chi connectivity index (χ4n) is 4.26. The molecule has 2 atom stereocenters. The van der Waals surface area contributed by atoms with Gasteiger partial charge in [0, 0.05) is 6.54 Å². The molecule has 1 aliphatic heterocycles. The van der Waals surface area contributed by atoms with Gasteiger partial charge in [-0.25, -0.2) is 0 Å². The normalized spacial score (nSPS) is 17.7. The minimum Gasteiger partial charge on any atom is -0.497 e. The van der Waals surface area contributed by atoms with E-state index >= 15 is 0 Å². The van der Waals surface area contributed by atoms with Gasteiger partial charge >= 0.3 is 0 Å². The third-order valence-corrected chi connectivity index (χ3v) is 6.88. The number of carbonyl (C=O) groups excluding carboxylic acids is 3. The molecule has 3 aromatic rings. The lowest BCUT2D eigenvalue weighted by molar-refractivity contribution is -0.140. The third kappa shape index (κ3) is 4.41. The number of benzene rings is 2. The Balaban J connectivity index is 1.67. The van der Waals surface area contributed by atoms with Crippen molar-refractivity contribution in [1.82, 2.24) is 4.90 Å². The van der Waals surface area contributed by atoms with Crippen LogP contribution in [0.5, 0.6) is 17.2 Å². The van der Waals surface area contributed by atoms with E-state index in [2.05, 4.69) is 0 Å². The van der Waals surface area contributed by atoms with Crippen LogP contribution in [0.1, 0.15) is 26.8 Å². The van der Waals surface area contributed by atoms with Crippen LogP contribution in [0.2, 0.25) is 0 Å². The molecule has 0 bridgehead atoms. The second kappa shape index (κ2) is 10.1. The fraction of sp³-hybridized carbons (Fsp3) is 0.269. The molecule has 2 aromatic carbocycles. The summed E-state index contributed by atoms with van der Waals surface area (Å²) in [5.74, 6) is -0.898. The maximum atomic E-state index is 13.3. The Hall–Kier alpha value is -3.65. The van der Waals surface area contributed by atoms with E-state index in [0.717, 1.165) is 5.56 Å². The predicted molar refractivity (Wildman–Crippen MR) is 128 cm³/mol. The number of thiophene rings is 1. The van der Waals surface area contributed by atoms with E-state index in [9.17, 15) is 14.4 Å². The van der Waals surface area contributed by atoms with Crippen LogP contribution in [0, 0.1) is 5.92 Å². The first kappa shape index (κ1) is 23.5. The van der Waals surface area contributed by atoms with E-state index in [1.54, 1.807) is 69.2 Å². The maximum absolute atomic E-state index is 13.3. The zero-order valence-electron chi connectivity index (χ0n) is 19.1. The van der Waals surface area contributed by atoms with Gasteiger partial charge in [-0.05, 0) is 53.3 Å².